The Labute approximate surface area is 180 Å². The molecular weight excluding hydrogens is 364 g/mol. The number of nitrogens with one attached hydrogen (secondary N) is 2. The van der Waals surface area contributed by atoms with Crippen LogP contribution in [0.4, 0.5) is 0 Å². The summed E-state index contributed by atoms with van der Waals surface area (Å²) in [5.74, 6) is 0.120. The van der Waals surface area contributed by atoms with Gasteiger partial charge in [0, 0.05) is 20.1 Å². The Bertz CT molecular complexity index is 338. The number of carbonyl (C=O) groups excluding carboxylic acids is 2. The van der Waals surface area contributed by atoms with Crippen LogP contribution in [0.1, 0.15) is 117 Å². The predicted molar refractivity (Wildman–Crippen MR) is 124 cm³/mol. The van der Waals surface area contributed by atoms with Crippen LogP contribution in [-0.2, 0) is 9.59 Å². The normalized spacial score (nSPS) is 11.4. The summed E-state index contributed by atoms with van der Waals surface area (Å²) >= 11 is 0. The number of unbranched alkanes of at least 4 members (excludes halogenated alkanes) is 13. The number of aldehydes is 1. The molecule has 0 aliphatic rings. The van der Waals surface area contributed by atoms with E-state index in [1.54, 1.807) is 0 Å². The lowest BCUT2D eigenvalue weighted by atomic mass is 10.0. The Morgan fingerprint density at radius 2 is 1.24 bits per heavy atom. The Hall–Kier alpha value is -0.940. The van der Waals surface area contributed by atoms with E-state index in [0.29, 0.717) is 19.4 Å². The highest BCUT2D eigenvalue weighted by molar-refractivity contribution is 5.75. The van der Waals surface area contributed by atoms with Crippen molar-refractivity contribution in [3.05, 3.63) is 0 Å². The molecule has 0 aromatic heterocycles. The molecule has 5 nitrogen and oxygen atoms in total. The molecule has 0 fully saturated rings. The first-order chi connectivity index (χ1) is 14.2. The monoisotopic (exact) mass is 414 g/mol. The summed E-state index contributed by atoms with van der Waals surface area (Å²) < 4.78 is 0. The molecule has 0 bridgehead atoms. The van der Waals surface area contributed by atoms with Crippen molar-refractivity contribution in [3.8, 4) is 0 Å². The molecule has 0 rings (SSSR count). The van der Waals surface area contributed by atoms with Gasteiger partial charge in [0.25, 0.3) is 0 Å². The van der Waals surface area contributed by atoms with E-state index in [4.69, 9.17) is 5.11 Å². The zero-order valence-electron chi connectivity index (χ0n) is 19.6. The number of carbonyl (C=O) groups is 2. The van der Waals surface area contributed by atoms with Crippen LogP contribution in [0.5, 0.6) is 0 Å². The summed E-state index contributed by atoms with van der Waals surface area (Å²) in [6.07, 6.45) is 20.8. The summed E-state index contributed by atoms with van der Waals surface area (Å²) in [5, 5.41) is 13.0. The van der Waals surface area contributed by atoms with Crippen molar-refractivity contribution in [3.63, 3.8) is 0 Å². The average Bonchev–Trinajstić information content (AvgIpc) is 2.74. The first-order valence-corrected chi connectivity index (χ1v) is 12.1. The van der Waals surface area contributed by atoms with Gasteiger partial charge in [0.2, 0.25) is 5.91 Å². The van der Waals surface area contributed by atoms with Crippen LogP contribution in [-0.4, -0.2) is 43.5 Å². The highest BCUT2D eigenvalue weighted by atomic mass is 16.2. The molecule has 0 radical (unpaired) electrons. The summed E-state index contributed by atoms with van der Waals surface area (Å²) in [4.78, 5) is 22.6. The van der Waals surface area contributed by atoms with Gasteiger partial charge in [0.05, 0.1) is 6.04 Å². The van der Waals surface area contributed by atoms with Crippen molar-refractivity contribution >= 4 is 12.2 Å². The molecule has 0 saturated carbocycles. The molecule has 174 valence electrons. The molecule has 0 saturated heterocycles. The van der Waals surface area contributed by atoms with E-state index in [0.717, 1.165) is 32.8 Å². The summed E-state index contributed by atoms with van der Waals surface area (Å²) in [6, 6.07) is -0.142. The minimum Gasteiger partial charge on any atom is -0.400 e. The fraction of sp³-hybridized carbons (Fsp3) is 0.917. The van der Waals surface area contributed by atoms with Gasteiger partial charge in [0.15, 0.2) is 0 Å². The van der Waals surface area contributed by atoms with E-state index in [1.807, 2.05) is 6.92 Å². The molecule has 1 unspecified atom stereocenters. The van der Waals surface area contributed by atoms with Crippen molar-refractivity contribution < 1.29 is 14.7 Å². The average molecular weight is 415 g/mol. The van der Waals surface area contributed by atoms with Gasteiger partial charge in [-0.1, -0.05) is 97.3 Å². The molecule has 0 aromatic carbocycles. The molecular formula is C24H50N2O3. The maximum atomic E-state index is 11.8. The van der Waals surface area contributed by atoms with Crippen molar-refractivity contribution in [2.75, 3.05) is 20.2 Å². The Kier molecular flexibility index (Phi) is 28.2. The second-order valence-corrected chi connectivity index (χ2v) is 7.79. The summed E-state index contributed by atoms with van der Waals surface area (Å²) in [5.41, 5.74) is 0. The first kappa shape index (κ1) is 30.3. The van der Waals surface area contributed by atoms with E-state index >= 15 is 0 Å². The Morgan fingerprint density at radius 1 is 0.793 bits per heavy atom. The number of rotatable bonds is 21. The van der Waals surface area contributed by atoms with Gasteiger partial charge >= 0.3 is 0 Å². The van der Waals surface area contributed by atoms with Crippen LogP contribution < -0.4 is 10.6 Å². The standard InChI is InChI=1S/C23H46N2O2.CH4O/c1-3-5-6-7-8-9-10-11-12-13-14-15-16-17-18-23(27)25-20-19-22(21-26)24-4-2;1-2/h21-22,24H,3-20H2,1-2H3,(H,25,27);2H,1H3. The van der Waals surface area contributed by atoms with Crippen molar-refractivity contribution in [2.24, 2.45) is 0 Å². The second kappa shape index (κ2) is 27.1. The lowest BCUT2D eigenvalue weighted by molar-refractivity contribution is -0.121. The number of likely N-dealkylation sites (N-methyl/N-ethyl adjacent to an activating group) is 1. The summed E-state index contributed by atoms with van der Waals surface area (Å²) in [6.45, 7) is 5.60. The molecule has 3 N–H and O–H groups in total. The van der Waals surface area contributed by atoms with Gasteiger partial charge in [-0.2, -0.15) is 0 Å². The Balaban J connectivity index is 0. The van der Waals surface area contributed by atoms with Gasteiger partial charge in [-0.15, -0.1) is 0 Å². The van der Waals surface area contributed by atoms with Crippen LogP contribution in [0.3, 0.4) is 0 Å². The summed E-state index contributed by atoms with van der Waals surface area (Å²) in [7, 11) is 1.00. The van der Waals surface area contributed by atoms with Crippen LogP contribution in [0.2, 0.25) is 0 Å². The van der Waals surface area contributed by atoms with Crippen molar-refractivity contribution in [1.82, 2.24) is 10.6 Å². The fourth-order valence-electron chi connectivity index (χ4n) is 3.42. The van der Waals surface area contributed by atoms with E-state index in [9.17, 15) is 9.59 Å². The highest BCUT2D eigenvalue weighted by Gasteiger charge is 2.06. The van der Waals surface area contributed by atoms with Crippen LogP contribution >= 0.6 is 0 Å². The second-order valence-electron chi connectivity index (χ2n) is 7.79. The Morgan fingerprint density at radius 3 is 1.66 bits per heavy atom. The first-order valence-electron chi connectivity index (χ1n) is 12.1. The zero-order valence-corrected chi connectivity index (χ0v) is 19.6. The third-order valence-corrected chi connectivity index (χ3v) is 5.17. The number of aliphatic hydroxyl groups is 1. The van der Waals surface area contributed by atoms with Crippen LogP contribution in [0.25, 0.3) is 0 Å². The lowest BCUT2D eigenvalue weighted by Gasteiger charge is -2.11. The molecule has 0 heterocycles. The maximum Gasteiger partial charge on any atom is 0.219 e. The molecule has 1 amide bonds. The van der Waals surface area contributed by atoms with Gasteiger partial charge in [-0.25, -0.2) is 0 Å². The van der Waals surface area contributed by atoms with E-state index in [1.165, 1.54) is 77.0 Å². The van der Waals surface area contributed by atoms with Crippen molar-refractivity contribution in [1.29, 1.82) is 0 Å². The van der Waals surface area contributed by atoms with E-state index < -0.39 is 0 Å². The number of aliphatic hydroxyl groups excluding tert-OH is 1. The van der Waals surface area contributed by atoms with Crippen molar-refractivity contribution in [2.45, 2.75) is 123 Å². The smallest absolute Gasteiger partial charge is 0.219 e. The van der Waals surface area contributed by atoms with Crippen LogP contribution in [0, 0.1) is 0 Å². The highest BCUT2D eigenvalue weighted by Crippen LogP contribution is 2.13. The predicted octanol–water partition coefficient (Wildman–Crippen LogP) is 5.15. The maximum absolute atomic E-state index is 11.8. The topological polar surface area (TPSA) is 78.4 Å². The van der Waals surface area contributed by atoms with E-state index in [2.05, 4.69) is 17.6 Å². The molecule has 29 heavy (non-hydrogen) atoms. The fourth-order valence-corrected chi connectivity index (χ4v) is 3.42. The molecule has 0 aliphatic carbocycles. The molecule has 1 atom stereocenters. The minimum absolute atomic E-state index is 0.120. The van der Waals surface area contributed by atoms with Gasteiger partial charge < -0.3 is 20.5 Å². The third-order valence-electron chi connectivity index (χ3n) is 5.17. The quantitative estimate of drug-likeness (QED) is 0.179. The largest absolute Gasteiger partial charge is 0.400 e. The zero-order chi connectivity index (χ0) is 22.0. The minimum atomic E-state index is -0.142. The molecule has 0 spiro atoms. The third kappa shape index (κ3) is 25.0. The number of amides is 1. The molecule has 0 aliphatic heterocycles. The SMILES string of the molecule is CCCCCCCCCCCCCCCCC(=O)NCCC(C=O)NCC.CO. The molecule has 5 heteroatoms. The van der Waals surface area contributed by atoms with Gasteiger partial charge in [0.1, 0.15) is 6.29 Å². The van der Waals surface area contributed by atoms with Gasteiger partial charge in [-0.05, 0) is 19.4 Å². The number of hydrogen-bond donors (Lipinski definition) is 3. The molecule has 0 aromatic rings. The van der Waals surface area contributed by atoms with Gasteiger partial charge in [-0.3, -0.25) is 4.79 Å². The lowest BCUT2D eigenvalue weighted by Crippen LogP contribution is -2.35. The number of hydrogen-bond acceptors (Lipinski definition) is 4. The van der Waals surface area contributed by atoms with Crippen LogP contribution in [0.15, 0.2) is 0 Å². The van der Waals surface area contributed by atoms with E-state index in [-0.39, 0.29) is 11.9 Å².